The molecule has 0 amide bonds. The summed E-state index contributed by atoms with van der Waals surface area (Å²) in [6, 6.07) is 3.84. The third-order valence-corrected chi connectivity index (χ3v) is 3.27. The quantitative estimate of drug-likeness (QED) is 0.813. The Bertz CT molecular complexity index is 437. The van der Waals surface area contributed by atoms with Gasteiger partial charge in [0.1, 0.15) is 0 Å². The zero-order valence-electron chi connectivity index (χ0n) is 11.2. The Kier molecular flexibility index (Phi) is 4.87. The molecule has 6 heteroatoms. The minimum Gasteiger partial charge on any atom is -0.454 e. The van der Waals surface area contributed by atoms with E-state index in [1.54, 1.807) is 14.2 Å². The lowest BCUT2D eigenvalue weighted by atomic mass is 10.2. The van der Waals surface area contributed by atoms with Gasteiger partial charge >= 0.3 is 0 Å². The van der Waals surface area contributed by atoms with Crippen LogP contribution in [0.5, 0.6) is 11.5 Å². The van der Waals surface area contributed by atoms with Gasteiger partial charge in [-0.1, -0.05) is 11.6 Å². The molecule has 1 unspecified atom stereocenters. The van der Waals surface area contributed by atoms with Crippen molar-refractivity contribution < 1.29 is 18.9 Å². The maximum Gasteiger partial charge on any atom is 0.231 e. The molecule has 1 aliphatic rings. The summed E-state index contributed by atoms with van der Waals surface area (Å²) in [6.45, 7) is 2.85. The third kappa shape index (κ3) is 3.30. The molecule has 1 aliphatic heterocycles. The number of rotatable bonds is 6. The van der Waals surface area contributed by atoms with Gasteiger partial charge in [-0.2, -0.15) is 0 Å². The van der Waals surface area contributed by atoms with Crippen molar-refractivity contribution >= 4 is 11.6 Å². The predicted molar refractivity (Wildman–Crippen MR) is 71.7 cm³/mol. The summed E-state index contributed by atoms with van der Waals surface area (Å²) in [6.07, 6.45) is -0.288. The van der Waals surface area contributed by atoms with Gasteiger partial charge in [0, 0.05) is 20.8 Å². The van der Waals surface area contributed by atoms with Crippen molar-refractivity contribution in [1.82, 2.24) is 5.32 Å². The standard InChI is InChI=1S/C13H18ClNO4/c1-8(13(16-2)17-3)15-6-9-4-10(14)12-11(5-9)18-7-19-12/h4-5,8,13,15H,6-7H2,1-3H3. The van der Waals surface area contributed by atoms with E-state index in [1.165, 1.54) is 0 Å². The van der Waals surface area contributed by atoms with Crippen molar-refractivity contribution in [3.05, 3.63) is 22.7 Å². The van der Waals surface area contributed by atoms with Crippen molar-refractivity contribution in [2.75, 3.05) is 21.0 Å². The fraction of sp³-hybridized carbons (Fsp3) is 0.538. The molecule has 19 heavy (non-hydrogen) atoms. The van der Waals surface area contributed by atoms with Crippen molar-refractivity contribution in [3.8, 4) is 11.5 Å². The minimum absolute atomic E-state index is 0.0548. The first-order valence-electron chi connectivity index (χ1n) is 6.02. The Morgan fingerprint density at radius 3 is 2.74 bits per heavy atom. The minimum atomic E-state index is -0.288. The van der Waals surface area contributed by atoms with Crippen LogP contribution >= 0.6 is 11.6 Å². The molecule has 5 nitrogen and oxygen atoms in total. The van der Waals surface area contributed by atoms with E-state index in [1.807, 2.05) is 19.1 Å². The SMILES string of the molecule is COC(OC)C(C)NCc1cc(Cl)c2c(c1)OCO2. The van der Waals surface area contributed by atoms with Crippen LogP contribution in [0, 0.1) is 0 Å². The highest BCUT2D eigenvalue weighted by Crippen LogP contribution is 2.39. The molecule has 1 aromatic carbocycles. The molecule has 106 valence electrons. The summed E-state index contributed by atoms with van der Waals surface area (Å²) in [5.74, 6) is 1.30. The summed E-state index contributed by atoms with van der Waals surface area (Å²) in [7, 11) is 3.23. The first-order valence-corrected chi connectivity index (χ1v) is 6.40. The third-order valence-electron chi connectivity index (χ3n) is 2.99. The van der Waals surface area contributed by atoms with Crippen LogP contribution in [0.15, 0.2) is 12.1 Å². The highest BCUT2D eigenvalue weighted by molar-refractivity contribution is 6.32. The number of halogens is 1. The van der Waals surface area contributed by atoms with Crippen LogP contribution in [0.1, 0.15) is 12.5 Å². The topological polar surface area (TPSA) is 49.0 Å². The molecule has 1 N–H and O–H groups in total. The monoisotopic (exact) mass is 287 g/mol. The van der Waals surface area contributed by atoms with E-state index in [2.05, 4.69) is 5.32 Å². The zero-order chi connectivity index (χ0) is 13.8. The number of nitrogens with one attached hydrogen (secondary N) is 1. The smallest absolute Gasteiger partial charge is 0.231 e. The van der Waals surface area contributed by atoms with Gasteiger partial charge in [-0.3, -0.25) is 0 Å². The number of benzene rings is 1. The number of hydrogen-bond acceptors (Lipinski definition) is 5. The average Bonchev–Trinajstić information content (AvgIpc) is 2.86. The molecule has 0 fully saturated rings. The van der Waals surface area contributed by atoms with Gasteiger partial charge in [-0.05, 0) is 24.6 Å². The lowest BCUT2D eigenvalue weighted by Gasteiger charge is -2.22. The number of ether oxygens (including phenoxy) is 4. The lowest BCUT2D eigenvalue weighted by Crippen LogP contribution is -2.39. The van der Waals surface area contributed by atoms with Crippen LogP contribution in [-0.4, -0.2) is 33.3 Å². The van der Waals surface area contributed by atoms with Crippen LogP contribution < -0.4 is 14.8 Å². The molecule has 0 radical (unpaired) electrons. The van der Waals surface area contributed by atoms with E-state index in [0.29, 0.717) is 23.1 Å². The molecule has 1 atom stereocenters. The fourth-order valence-corrected chi connectivity index (χ4v) is 2.29. The highest BCUT2D eigenvalue weighted by atomic mass is 35.5. The first-order chi connectivity index (χ1) is 9.15. The first kappa shape index (κ1) is 14.4. The van der Waals surface area contributed by atoms with Gasteiger partial charge in [-0.15, -0.1) is 0 Å². The van der Waals surface area contributed by atoms with Crippen LogP contribution in [0.2, 0.25) is 5.02 Å². The van der Waals surface area contributed by atoms with Gasteiger partial charge in [0.05, 0.1) is 11.1 Å². The fourth-order valence-electron chi connectivity index (χ4n) is 2.00. The van der Waals surface area contributed by atoms with Crippen molar-refractivity contribution in [1.29, 1.82) is 0 Å². The second kappa shape index (κ2) is 6.43. The second-order valence-corrected chi connectivity index (χ2v) is 4.73. The second-order valence-electron chi connectivity index (χ2n) is 4.32. The molecule has 2 rings (SSSR count). The molecule has 0 saturated carbocycles. The molecule has 1 heterocycles. The molecule has 0 spiro atoms. The van der Waals surface area contributed by atoms with Crippen molar-refractivity contribution in [2.24, 2.45) is 0 Å². The van der Waals surface area contributed by atoms with Crippen molar-refractivity contribution in [2.45, 2.75) is 25.8 Å². The van der Waals surface area contributed by atoms with E-state index < -0.39 is 0 Å². The molecular weight excluding hydrogens is 270 g/mol. The Balaban J connectivity index is 1.98. The average molecular weight is 288 g/mol. The van der Waals surface area contributed by atoms with Gasteiger partial charge < -0.3 is 24.3 Å². The van der Waals surface area contributed by atoms with E-state index in [-0.39, 0.29) is 19.1 Å². The number of methoxy groups -OCH3 is 2. The van der Waals surface area contributed by atoms with Gasteiger partial charge in [0.25, 0.3) is 0 Å². The summed E-state index contributed by atoms with van der Waals surface area (Å²) in [5.41, 5.74) is 1.02. The molecule has 0 bridgehead atoms. The Hall–Kier alpha value is -1.01. The van der Waals surface area contributed by atoms with E-state index in [9.17, 15) is 0 Å². The Labute approximate surface area is 117 Å². The highest BCUT2D eigenvalue weighted by Gasteiger charge is 2.19. The molecule has 0 saturated heterocycles. The van der Waals surface area contributed by atoms with Gasteiger partial charge in [-0.25, -0.2) is 0 Å². The van der Waals surface area contributed by atoms with Crippen LogP contribution in [-0.2, 0) is 16.0 Å². The van der Waals surface area contributed by atoms with Gasteiger partial charge in [0.2, 0.25) is 6.79 Å². The molecular formula is C13H18ClNO4. The summed E-state index contributed by atoms with van der Waals surface area (Å²) < 4.78 is 21.0. The summed E-state index contributed by atoms with van der Waals surface area (Å²) in [5, 5.41) is 3.88. The van der Waals surface area contributed by atoms with Crippen LogP contribution in [0.25, 0.3) is 0 Å². The zero-order valence-corrected chi connectivity index (χ0v) is 12.0. The number of fused-ring (bicyclic) bond motifs is 1. The molecule has 1 aromatic rings. The maximum absolute atomic E-state index is 6.13. The largest absolute Gasteiger partial charge is 0.454 e. The maximum atomic E-state index is 6.13. The molecule has 0 aliphatic carbocycles. The Morgan fingerprint density at radius 2 is 2.05 bits per heavy atom. The normalized spacial score (nSPS) is 15.0. The summed E-state index contributed by atoms with van der Waals surface area (Å²) >= 11 is 6.13. The van der Waals surface area contributed by atoms with Crippen molar-refractivity contribution in [3.63, 3.8) is 0 Å². The lowest BCUT2D eigenvalue weighted by molar-refractivity contribution is -0.119. The van der Waals surface area contributed by atoms with E-state index >= 15 is 0 Å². The number of hydrogen-bond donors (Lipinski definition) is 1. The van der Waals surface area contributed by atoms with Crippen LogP contribution in [0.3, 0.4) is 0 Å². The van der Waals surface area contributed by atoms with Gasteiger partial charge in [0.15, 0.2) is 17.8 Å². The summed E-state index contributed by atoms with van der Waals surface area (Å²) in [4.78, 5) is 0. The van der Waals surface area contributed by atoms with Crippen LogP contribution in [0.4, 0.5) is 0 Å². The predicted octanol–water partition coefficient (Wildman–Crippen LogP) is 2.17. The van der Waals surface area contributed by atoms with E-state index in [0.717, 1.165) is 5.56 Å². The molecule has 0 aromatic heterocycles. The van der Waals surface area contributed by atoms with E-state index in [4.69, 9.17) is 30.5 Å². The Morgan fingerprint density at radius 1 is 1.32 bits per heavy atom.